The number of nitrogens with zero attached hydrogens (tertiary/aromatic N) is 2. The number of Topliss-reactive ketones (excluding diaryl/α,β-unsaturated/α-hetero) is 1. The smallest absolute Gasteiger partial charge is 0.266 e. The molecular weight excluding hydrogens is 328 g/mol. The van der Waals surface area contributed by atoms with Gasteiger partial charge in [0, 0.05) is 18.7 Å². The molecule has 136 valence electrons. The highest BCUT2D eigenvalue weighted by Crippen LogP contribution is 2.05. The van der Waals surface area contributed by atoms with E-state index in [9.17, 15) is 19.7 Å². The van der Waals surface area contributed by atoms with Crippen molar-refractivity contribution in [3.63, 3.8) is 0 Å². The number of carbonyl (C=O) groups is 2. The second kappa shape index (κ2) is 9.98. The fraction of sp³-hybridized carbons (Fsp3) is 0.400. The van der Waals surface area contributed by atoms with Crippen molar-refractivity contribution >= 4 is 17.6 Å². The Labute approximate surface area is 144 Å². The second-order valence-corrected chi connectivity index (χ2v) is 5.37. The number of hydrogen-bond acceptors (Lipinski definition) is 5. The Balaban J connectivity index is 2.30. The maximum Gasteiger partial charge on any atom is 0.266 e. The number of rotatable bonds is 9. The van der Waals surface area contributed by atoms with Gasteiger partial charge in [-0.2, -0.15) is 0 Å². The van der Waals surface area contributed by atoms with E-state index in [-0.39, 0.29) is 17.6 Å². The topological polar surface area (TPSA) is 166 Å². The number of nitrogens with two attached hydrogens (primary N) is 2. The standard InChI is InChI=1S/C15H22N6O4/c1-10(22)12-6-4-11(5-7-12)9-19-14(23)13(16)3-2-8-18-15(17)20-21(24)25/h4-7,13H,2-3,8-9,16H2,1H3,(H,19,23)(H3,17,18,20)/t13-/m1/s1. The Hall–Kier alpha value is -3.01. The zero-order valence-corrected chi connectivity index (χ0v) is 13.9. The first kappa shape index (κ1) is 20.0. The molecule has 0 radical (unpaired) electrons. The third-order valence-corrected chi connectivity index (χ3v) is 3.35. The molecule has 25 heavy (non-hydrogen) atoms. The highest BCUT2D eigenvalue weighted by atomic mass is 16.7. The van der Waals surface area contributed by atoms with Gasteiger partial charge in [0.1, 0.15) is 5.10 Å². The Morgan fingerprint density at radius 1 is 1.28 bits per heavy atom. The Kier molecular flexibility index (Phi) is 8.00. The predicted octanol–water partition coefficient (Wildman–Crippen LogP) is -0.291. The van der Waals surface area contributed by atoms with Crippen LogP contribution >= 0.6 is 0 Å². The largest absolute Gasteiger partial charge is 0.365 e. The lowest BCUT2D eigenvalue weighted by molar-refractivity contribution is -0.485. The minimum atomic E-state index is -0.898. The first-order valence-electron chi connectivity index (χ1n) is 7.65. The van der Waals surface area contributed by atoms with Crippen LogP contribution in [0.5, 0.6) is 0 Å². The molecule has 10 heteroatoms. The molecule has 1 rings (SSSR count). The summed E-state index contributed by atoms with van der Waals surface area (Å²) in [6.07, 6.45) is 0.879. The lowest BCUT2D eigenvalue weighted by atomic mass is 10.1. The van der Waals surface area contributed by atoms with Crippen LogP contribution in [0.3, 0.4) is 0 Å². The van der Waals surface area contributed by atoms with E-state index in [1.165, 1.54) is 6.92 Å². The van der Waals surface area contributed by atoms with E-state index in [1.54, 1.807) is 24.3 Å². The summed E-state index contributed by atoms with van der Waals surface area (Å²) in [5.74, 6) is -0.616. The van der Waals surface area contributed by atoms with Gasteiger partial charge in [0.15, 0.2) is 10.8 Å². The summed E-state index contributed by atoms with van der Waals surface area (Å²) in [5.41, 5.74) is 12.5. The highest BCUT2D eigenvalue weighted by Gasteiger charge is 2.12. The van der Waals surface area contributed by atoms with Gasteiger partial charge >= 0.3 is 0 Å². The van der Waals surface area contributed by atoms with Crippen molar-refractivity contribution in [1.82, 2.24) is 10.6 Å². The molecule has 0 fully saturated rings. The van der Waals surface area contributed by atoms with Crippen molar-refractivity contribution in [3.8, 4) is 0 Å². The molecule has 0 aliphatic heterocycles. The van der Waals surface area contributed by atoms with Crippen molar-refractivity contribution in [2.75, 3.05) is 6.54 Å². The SMILES string of the molecule is CC(=O)c1ccc(CNC(=O)[C@H](N)CCCN/C(N)=N\[N+](=O)[O-])cc1. The average Bonchev–Trinajstić information content (AvgIpc) is 2.56. The third kappa shape index (κ3) is 7.88. The first-order valence-corrected chi connectivity index (χ1v) is 7.65. The molecule has 10 nitrogen and oxygen atoms in total. The molecule has 1 atom stereocenters. The lowest BCUT2D eigenvalue weighted by Crippen LogP contribution is -2.41. The molecule has 1 aromatic rings. The van der Waals surface area contributed by atoms with Gasteiger partial charge in [-0.25, -0.2) is 10.1 Å². The number of guanidine groups is 1. The molecule has 0 saturated heterocycles. The molecule has 0 saturated carbocycles. The molecule has 0 aliphatic rings. The monoisotopic (exact) mass is 350 g/mol. The van der Waals surface area contributed by atoms with Gasteiger partial charge in [-0.05, 0) is 25.3 Å². The summed E-state index contributed by atoms with van der Waals surface area (Å²) in [7, 11) is 0. The van der Waals surface area contributed by atoms with Gasteiger partial charge in [-0.3, -0.25) is 9.59 Å². The number of nitrogens with one attached hydrogen (secondary N) is 2. The minimum absolute atomic E-state index is 0.0184. The normalized spacial score (nSPS) is 12.3. The minimum Gasteiger partial charge on any atom is -0.365 e. The molecule has 1 aromatic carbocycles. The van der Waals surface area contributed by atoms with E-state index in [1.807, 2.05) is 0 Å². The zero-order valence-electron chi connectivity index (χ0n) is 13.9. The zero-order chi connectivity index (χ0) is 18.8. The summed E-state index contributed by atoms with van der Waals surface area (Å²) in [6.45, 7) is 2.11. The summed E-state index contributed by atoms with van der Waals surface area (Å²) < 4.78 is 0. The quantitative estimate of drug-likeness (QED) is 0.118. The van der Waals surface area contributed by atoms with Crippen LogP contribution in [0.2, 0.25) is 0 Å². The van der Waals surface area contributed by atoms with Crippen molar-refractivity contribution in [1.29, 1.82) is 0 Å². The third-order valence-electron chi connectivity index (χ3n) is 3.35. The summed E-state index contributed by atoms with van der Waals surface area (Å²) in [5, 5.41) is 17.3. The summed E-state index contributed by atoms with van der Waals surface area (Å²) in [6, 6.07) is 6.24. The van der Waals surface area contributed by atoms with E-state index in [4.69, 9.17) is 11.5 Å². The Bertz CT molecular complexity index is 644. The Morgan fingerprint density at radius 2 is 1.92 bits per heavy atom. The fourth-order valence-corrected chi connectivity index (χ4v) is 1.97. The van der Waals surface area contributed by atoms with Gasteiger partial charge < -0.3 is 22.1 Å². The van der Waals surface area contributed by atoms with Gasteiger partial charge in [-0.1, -0.05) is 24.3 Å². The molecule has 0 heterocycles. The van der Waals surface area contributed by atoms with Crippen molar-refractivity contribution in [2.45, 2.75) is 32.4 Å². The second-order valence-electron chi connectivity index (χ2n) is 5.37. The number of hydrogen-bond donors (Lipinski definition) is 4. The number of carbonyl (C=O) groups excluding carboxylic acids is 2. The van der Waals surface area contributed by atoms with Crippen LogP contribution in [-0.2, 0) is 11.3 Å². The van der Waals surface area contributed by atoms with Gasteiger partial charge in [0.05, 0.1) is 6.04 Å². The van der Waals surface area contributed by atoms with Crippen molar-refractivity contribution < 1.29 is 14.6 Å². The summed E-state index contributed by atoms with van der Waals surface area (Å²) in [4.78, 5) is 33.2. The number of nitro groups is 1. The van der Waals surface area contributed by atoms with Gasteiger partial charge in [0.2, 0.25) is 5.91 Å². The van der Waals surface area contributed by atoms with Crippen LogP contribution in [0.25, 0.3) is 0 Å². The maximum atomic E-state index is 11.9. The van der Waals surface area contributed by atoms with E-state index in [0.29, 0.717) is 31.5 Å². The maximum absolute atomic E-state index is 11.9. The molecule has 0 aliphatic carbocycles. The van der Waals surface area contributed by atoms with Gasteiger partial charge in [0.25, 0.3) is 5.96 Å². The number of hydrazone groups is 1. The van der Waals surface area contributed by atoms with E-state index in [2.05, 4.69) is 15.7 Å². The van der Waals surface area contributed by atoms with Gasteiger partial charge in [-0.15, -0.1) is 0 Å². The van der Waals surface area contributed by atoms with Crippen LogP contribution in [0, 0.1) is 10.1 Å². The van der Waals surface area contributed by atoms with Crippen molar-refractivity contribution in [2.24, 2.45) is 16.6 Å². The van der Waals surface area contributed by atoms with Crippen LogP contribution < -0.4 is 22.1 Å². The molecule has 0 unspecified atom stereocenters. The predicted molar refractivity (Wildman–Crippen MR) is 92.1 cm³/mol. The molecular formula is C15H22N6O4. The molecule has 0 bridgehead atoms. The van der Waals surface area contributed by atoms with E-state index in [0.717, 1.165) is 5.56 Å². The van der Waals surface area contributed by atoms with Crippen LogP contribution in [0.1, 0.15) is 35.7 Å². The number of ketones is 1. The van der Waals surface area contributed by atoms with Crippen LogP contribution in [-0.4, -0.2) is 35.3 Å². The fourth-order valence-electron chi connectivity index (χ4n) is 1.97. The van der Waals surface area contributed by atoms with E-state index < -0.39 is 11.1 Å². The number of amides is 1. The molecule has 1 amide bonds. The first-order chi connectivity index (χ1) is 11.8. The highest BCUT2D eigenvalue weighted by molar-refractivity contribution is 5.94. The van der Waals surface area contributed by atoms with E-state index >= 15 is 0 Å². The van der Waals surface area contributed by atoms with Crippen LogP contribution in [0.4, 0.5) is 0 Å². The van der Waals surface area contributed by atoms with Crippen molar-refractivity contribution in [3.05, 3.63) is 45.5 Å². The molecule has 0 aromatic heterocycles. The Morgan fingerprint density at radius 3 is 2.48 bits per heavy atom. The lowest BCUT2D eigenvalue weighted by Gasteiger charge is -2.12. The van der Waals surface area contributed by atoms with Crippen LogP contribution in [0.15, 0.2) is 29.4 Å². The molecule has 0 spiro atoms. The average molecular weight is 350 g/mol. The number of benzene rings is 1. The summed E-state index contributed by atoms with van der Waals surface area (Å²) >= 11 is 0. The molecule has 6 N–H and O–H groups in total.